The summed E-state index contributed by atoms with van der Waals surface area (Å²) in [7, 11) is -7.63. The predicted octanol–water partition coefficient (Wildman–Crippen LogP) is 1.34. The van der Waals surface area contributed by atoms with E-state index in [-0.39, 0.29) is 36.8 Å². The third-order valence-electron chi connectivity index (χ3n) is 5.35. The maximum Gasteiger partial charge on any atom is 0.243 e. The third kappa shape index (κ3) is 6.69. The highest BCUT2D eigenvalue weighted by atomic mass is 32.2. The van der Waals surface area contributed by atoms with Crippen LogP contribution in [0.4, 0.5) is 14.5 Å². The van der Waals surface area contributed by atoms with Crippen molar-refractivity contribution in [3.05, 3.63) is 54.1 Å². The molecule has 3 rings (SSSR count). The first-order valence-electron chi connectivity index (χ1n) is 10.9. The molecule has 1 aliphatic rings. The van der Waals surface area contributed by atoms with Crippen LogP contribution in [0.5, 0.6) is 5.75 Å². The van der Waals surface area contributed by atoms with Gasteiger partial charge in [-0.1, -0.05) is 0 Å². The van der Waals surface area contributed by atoms with Crippen molar-refractivity contribution >= 4 is 31.6 Å². The van der Waals surface area contributed by atoms with Crippen molar-refractivity contribution in [3.8, 4) is 5.75 Å². The van der Waals surface area contributed by atoms with E-state index in [1.807, 2.05) is 0 Å². The van der Waals surface area contributed by atoms with E-state index in [9.17, 15) is 30.4 Å². The molecule has 1 amide bonds. The number of benzene rings is 2. The lowest BCUT2D eigenvalue weighted by Gasteiger charge is -2.28. The topological polar surface area (TPSA) is 122 Å². The highest BCUT2D eigenvalue weighted by molar-refractivity contribution is 7.92. The number of carbonyl (C=O) groups excluding carboxylic acids is 1. The molecule has 1 heterocycles. The molecule has 0 saturated carbocycles. The Morgan fingerprint density at radius 1 is 1.08 bits per heavy atom. The van der Waals surface area contributed by atoms with Gasteiger partial charge in [0.25, 0.3) is 0 Å². The lowest BCUT2D eigenvalue weighted by molar-refractivity contribution is -0.121. The minimum Gasteiger partial charge on any atom is -0.492 e. The molecular weight excluding hydrogens is 520 g/mol. The van der Waals surface area contributed by atoms with Crippen molar-refractivity contribution in [1.82, 2.24) is 9.62 Å². The van der Waals surface area contributed by atoms with Crippen LogP contribution >= 0.6 is 0 Å². The molecule has 2 aromatic carbocycles. The SMILES string of the molecule is C[C@H](C(=O)NCCOc1ccc(S(=O)(=O)N2CCOCC2)cc1)N(c1ccc(F)c(F)c1)S(C)(=O)=O. The van der Waals surface area contributed by atoms with Crippen molar-refractivity contribution in [2.75, 3.05) is 50.0 Å². The van der Waals surface area contributed by atoms with Gasteiger partial charge in [-0.25, -0.2) is 25.6 Å². The number of amides is 1. The number of nitrogens with one attached hydrogen (secondary N) is 1. The van der Waals surface area contributed by atoms with Gasteiger partial charge in [0, 0.05) is 19.2 Å². The van der Waals surface area contributed by atoms with Gasteiger partial charge < -0.3 is 14.8 Å². The second kappa shape index (κ2) is 11.5. The molecule has 1 fully saturated rings. The normalized spacial score (nSPS) is 15.8. The number of hydrogen-bond acceptors (Lipinski definition) is 7. The zero-order valence-electron chi connectivity index (χ0n) is 19.7. The average molecular weight is 548 g/mol. The summed E-state index contributed by atoms with van der Waals surface area (Å²) in [6.45, 7) is 2.58. The Morgan fingerprint density at radius 2 is 1.72 bits per heavy atom. The number of carbonyl (C=O) groups is 1. The van der Waals surface area contributed by atoms with Crippen molar-refractivity contribution in [2.45, 2.75) is 17.9 Å². The van der Waals surface area contributed by atoms with Crippen LogP contribution in [0.1, 0.15) is 6.92 Å². The molecule has 10 nitrogen and oxygen atoms in total. The van der Waals surface area contributed by atoms with E-state index < -0.39 is 43.6 Å². The quantitative estimate of drug-likeness (QED) is 0.446. The van der Waals surface area contributed by atoms with Crippen molar-refractivity contribution < 1.29 is 39.9 Å². The van der Waals surface area contributed by atoms with Crippen molar-refractivity contribution in [3.63, 3.8) is 0 Å². The third-order valence-corrected chi connectivity index (χ3v) is 8.50. The summed E-state index contributed by atoms with van der Waals surface area (Å²) in [5.74, 6) is -2.70. The molecule has 0 radical (unpaired) electrons. The summed E-state index contributed by atoms with van der Waals surface area (Å²) < 4.78 is 89.4. The zero-order chi connectivity index (χ0) is 26.5. The number of ether oxygens (including phenoxy) is 2. The van der Waals surface area contributed by atoms with E-state index in [2.05, 4.69) is 5.32 Å². The van der Waals surface area contributed by atoms with E-state index in [0.717, 1.165) is 18.4 Å². The number of hydrogen-bond donors (Lipinski definition) is 1. The van der Waals surface area contributed by atoms with Gasteiger partial charge >= 0.3 is 0 Å². The molecule has 0 aromatic heterocycles. The predicted molar refractivity (Wildman–Crippen MR) is 128 cm³/mol. The first kappa shape index (κ1) is 27.8. The van der Waals surface area contributed by atoms with Crippen molar-refractivity contribution in [2.24, 2.45) is 0 Å². The zero-order valence-corrected chi connectivity index (χ0v) is 21.3. The van der Waals surface area contributed by atoms with E-state index in [0.29, 0.717) is 29.3 Å². The molecule has 1 N–H and O–H groups in total. The second-order valence-electron chi connectivity index (χ2n) is 7.96. The summed E-state index contributed by atoms with van der Waals surface area (Å²) in [5.41, 5.74) is -0.192. The Kier molecular flexibility index (Phi) is 8.87. The minimum atomic E-state index is -4.00. The lowest BCUT2D eigenvalue weighted by Crippen LogP contribution is -2.48. The fraction of sp³-hybridized carbons (Fsp3) is 0.409. The van der Waals surface area contributed by atoms with Crippen LogP contribution in [0.25, 0.3) is 0 Å². The van der Waals surface area contributed by atoms with E-state index in [1.54, 1.807) is 0 Å². The molecule has 1 saturated heterocycles. The van der Waals surface area contributed by atoms with E-state index in [4.69, 9.17) is 9.47 Å². The van der Waals surface area contributed by atoms with Gasteiger partial charge in [0.15, 0.2) is 11.6 Å². The number of sulfonamides is 2. The summed E-state index contributed by atoms with van der Waals surface area (Å²) in [4.78, 5) is 12.7. The van der Waals surface area contributed by atoms with Gasteiger partial charge in [-0.2, -0.15) is 4.31 Å². The number of morpholine rings is 1. The van der Waals surface area contributed by atoms with Gasteiger partial charge in [0.1, 0.15) is 18.4 Å². The molecule has 198 valence electrons. The molecule has 1 aliphatic heterocycles. The maximum atomic E-state index is 13.6. The molecule has 36 heavy (non-hydrogen) atoms. The van der Waals surface area contributed by atoms with Gasteiger partial charge in [0.05, 0.1) is 36.6 Å². The van der Waals surface area contributed by atoms with Crippen LogP contribution < -0.4 is 14.4 Å². The van der Waals surface area contributed by atoms with Crippen LogP contribution in [0, 0.1) is 11.6 Å². The second-order valence-corrected chi connectivity index (χ2v) is 11.8. The van der Waals surface area contributed by atoms with Crippen LogP contribution in [-0.2, 0) is 29.6 Å². The molecule has 0 unspecified atom stereocenters. The monoisotopic (exact) mass is 547 g/mol. The molecule has 2 aromatic rings. The Bertz CT molecular complexity index is 1280. The molecule has 14 heteroatoms. The lowest BCUT2D eigenvalue weighted by atomic mass is 10.2. The Hall–Kier alpha value is -2.81. The Balaban J connectivity index is 1.55. The van der Waals surface area contributed by atoms with Crippen LogP contribution in [0.15, 0.2) is 47.4 Å². The summed E-state index contributed by atoms with van der Waals surface area (Å²) >= 11 is 0. The van der Waals surface area contributed by atoms with E-state index in [1.165, 1.54) is 35.5 Å². The molecule has 1 atom stereocenters. The average Bonchev–Trinajstić information content (AvgIpc) is 2.84. The van der Waals surface area contributed by atoms with E-state index >= 15 is 0 Å². The molecule has 0 bridgehead atoms. The van der Waals surface area contributed by atoms with Crippen molar-refractivity contribution in [1.29, 1.82) is 0 Å². The van der Waals surface area contributed by atoms with Crippen LogP contribution in [0.3, 0.4) is 0 Å². The highest BCUT2D eigenvalue weighted by Crippen LogP contribution is 2.23. The number of nitrogens with zero attached hydrogens (tertiary/aromatic N) is 2. The highest BCUT2D eigenvalue weighted by Gasteiger charge is 2.30. The maximum absolute atomic E-state index is 13.6. The number of rotatable bonds is 10. The fourth-order valence-electron chi connectivity index (χ4n) is 3.57. The Morgan fingerprint density at radius 3 is 2.31 bits per heavy atom. The van der Waals surface area contributed by atoms with Gasteiger partial charge in [-0.15, -0.1) is 0 Å². The van der Waals surface area contributed by atoms with Crippen LogP contribution in [0.2, 0.25) is 0 Å². The number of halogens is 2. The summed E-state index contributed by atoms with van der Waals surface area (Å²) in [6, 6.07) is 7.12. The smallest absolute Gasteiger partial charge is 0.243 e. The fourth-order valence-corrected chi connectivity index (χ4v) is 6.14. The van der Waals surface area contributed by atoms with Gasteiger partial charge in [-0.3, -0.25) is 9.10 Å². The largest absolute Gasteiger partial charge is 0.492 e. The summed E-state index contributed by atoms with van der Waals surface area (Å²) in [6.07, 6.45) is 0.851. The first-order chi connectivity index (χ1) is 16.9. The molecule has 0 spiro atoms. The first-order valence-corrected chi connectivity index (χ1v) is 14.2. The number of anilines is 1. The minimum absolute atomic E-state index is 0.00633. The van der Waals surface area contributed by atoms with Gasteiger partial charge in [0.2, 0.25) is 26.0 Å². The standard InChI is InChI=1S/C22H27F2N3O7S2/c1-16(27(35(2,29)30)17-3-8-20(23)21(24)15-17)22(28)25-9-12-34-18-4-6-19(7-5-18)36(31,32)26-10-13-33-14-11-26/h3-8,15-16H,9-14H2,1-2H3,(H,25,28)/t16-/m1/s1. The van der Waals surface area contributed by atoms with Gasteiger partial charge in [-0.05, 0) is 43.3 Å². The summed E-state index contributed by atoms with van der Waals surface area (Å²) in [5, 5.41) is 2.53. The Labute approximate surface area is 208 Å². The van der Waals surface area contributed by atoms with Crippen LogP contribution in [-0.4, -0.2) is 78.8 Å². The molecule has 0 aliphatic carbocycles. The molecular formula is C22H27F2N3O7S2.